The molecule has 1 aromatic rings. The molecule has 1 aromatic carbocycles. The summed E-state index contributed by atoms with van der Waals surface area (Å²) in [6.45, 7) is 4.41. The van der Waals surface area contributed by atoms with Gasteiger partial charge in [-0.3, -0.25) is 4.79 Å². The first kappa shape index (κ1) is 14.9. The molecule has 2 nitrogen and oxygen atoms in total. The fourth-order valence-corrected chi connectivity index (χ4v) is 6.02. The van der Waals surface area contributed by atoms with Gasteiger partial charge >= 0.3 is 0 Å². The van der Waals surface area contributed by atoms with Crippen LogP contribution in [0.15, 0.2) is 18.2 Å². The Morgan fingerprint density at radius 2 is 2.17 bits per heavy atom. The molecule has 0 aromatic heterocycles. The number of fused-ring (bicyclic) bond motifs is 5. The normalized spacial score (nSPS) is 38.4. The second kappa shape index (κ2) is 5.20. The molecule has 0 saturated heterocycles. The van der Waals surface area contributed by atoms with Gasteiger partial charge in [0.2, 0.25) is 0 Å². The Morgan fingerprint density at radius 3 is 2.91 bits per heavy atom. The maximum Gasteiger partial charge on any atom is 0.142 e. The number of carbonyl (C=O) groups is 1. The predicted octanol–water partition coefficient (Wildman–Crippen LogP) is 4.62. The van der Waals surface area contributed by atoms with Crippen molar-refractivity contribution in [1.29, 1.82) is 5.26 Å². The van der Waals surface area contributed by atoms with E-state index in [9.17, 15) is 10.1 Å². The first-order chi connectivity index (χ1) is 11.1. The Labute approximate surface area is 138 Å². The van der Waals surface area contributed by atoms with Gasteiger partial charge in [0.15, 0.2) is 0 Å². The largest absolute Gasteiger partial charge is 0.299 e. The molecule has 2 heteroatoms. The van der Waals surface area contributed by atoms with Gasteiger partial charge in [0.25, 0.3) is 0 Å². The Balaban J connectivity index is 1.73. The van der Waals surface area contributed by atoms with Crippen LogP contribution in [0.4, 0.5) is 0 Å². The monoisotopic (exact) mass is 307 g/mol. The van der Waals surface area contributed by atoms with Gasteiger partial charge in [-0.15, -0.1) is 0 Å². The second-order valence-electron chi connectivity index (χ2n) is 8.06. The molecule has 5 unspecified atom stereocenters. The number of ketones is 1. The SMILES string of the molecule is CCC1CC2C3CCc4c(C#N)cccc4C3CCC2(C)C1=O. The highest BCUT2D eigenvalue weighted by atomic mass is 16.1. The first-order valence-electron chi connectivity index (χ1n) is 9.16. The minimum atomic E-state index is -0.0772. The highest BCUT2D eigenvalue weighted by molar-refractivity contribution is 5.89. The molecule has 0 N–H and O–H groups in total. The molecule has 5 atom stereocenters. The lowest BCUT2D eigenvalue weighted by Gasteiger charge is -2.48. The third kappa shape index (κ3) is 1.95. The van der Waals surface area contributed by atoms with E-state index in [0.29, 0.717) is 23.5 Å². The summed E-state index contributed by atoms with van der Waals surface area (Å²) in [4.78, 5) is 12.9. The zero-order chi connectivity index (χ0) is 16.2. The second-order valence-corrected chi connectivity index (χ2v) is 8.06. The van der Waals surface area contributed by atoms with Crippen LogP contribution >= 0.6 is 0 Å². The topological polar surface area (TPSA) is 40.9 Å². The van der Waals surface area contributed by atoms with Crippen LogP contribution in [0.2, 0.25) is 0 Å². The van der Waals surface area contributed by atoms with E-state index in [1.165, 1.54) is 11.1 Å². The van der Waals surface area contributed by atoms with E-state index < -0.39 is 0 Å². The van der Waals surface area contributed by atoms with Crippen LogP contribution in [-0.2, 0) is 11.2 Å². The summed E-state index contributed by atoms with van der Waals surface area (Å²) in [6.07, 6.45) is 6.40. The van der Waals surface area contributed by atoms with Crippen molar-refractivity contribution in [3.63, 3.8) is 0 Å². The van der Waals surface area contributed by atoms with Gasteiger partial charge in [0.05, 0.1) is 11.6 Å². The fourth-order valence-electron chi connectivity index (χ4n) is 6.02. The molecule has 4 rings (SSSR count). The summed E-state index contributed by atoms with van der Waals surface area (Å²) in [5.41, 5.74) is 3.49. The number of nitrogens with zero attached hydrogens (tertiary/aromatic N) is 1. The van der Waals surface area contributed by atoms with Crippen LogP contribution in [0.3, 0.4) is 0 Å². The molecule has 3 aliphatic rings. The minimum Gasteiger partial charge on any atom is -0.299 e. The van der Waals surface area contributed by atoms with E-state index >= 15 is 0 Å². The van der Waals surface area contributed by atoms with Crippen molar-refractivity contribution in [3.8, 4) is 6.07 Å². The Morgan fingerprint density at radius 1 is 1.35 bits per heavy atom. The number of Topliss-reactive ketones (excluding diaryl/α,β-unsaturated/α-hetero) is 1. The van der Waals surface area contributed by atoms with Crippen LogP contribution < -0.4 is 0 Å². The Bertz CT molecular complexity index is 700. The van der Waals surface area contributed by atoms with E-state index in [0.717, 1.165) is 44.1 Å². The number of hydrogen-bond donors (Lipinski definition) is 0. The van der Waals surface area contributed by atoms with Crippen LogP contribution in [0, 0.1) is 34.5 Å². The quantitative estimate of drug-likeness (QED) is 0.759. The van der Waals surface area contributed by atoms with E-state index in [2.05, 4.69) is 26.0 Å². The van der Waals surface area contributed by atoms with Crippen LogP contribution in [0.25, 0.3) is 0 Å². The summed E-state index contributed by atoms with van der Waals surface area (Å²) in [5.74, 6) is 2.58. The average Bonchev–Trinajstić information content (AvgIpc) is 2.85. The number of nitriles is 1. The van der Waals surface area contributed by atoms with Gasteiger partial charge in [-0.05, 0) is 73.5 Å². The molecule has 2 fully saturated rings. The molecule has 0 radical (unpaired) electrons. The van der Waals surface area contributed by atoms with E-state index in [-0.39, 0.29) is 11.3 Å². The van der Waals surface area contributed by atoms with Crippen molar-refractivity contribution in [2.75, 3.05) is 0 Å². The molecule has 0 amide bonds. The third-order valence-electron chi connectivity index (χ3n) is 7.25. The highest BCUT2D eigenvalue weighted by Crippen LogP contribution is 2.61. The standard InChI is InChI=1S/C21H25NO/c1-3-13-11-19-18-8-7-15-14(12-22)5-4-6-16(15)17(18)9-10-21(19,2)20(13)23/h4-6,13,17-19H,3,7-11H2,1-2H3. The molecule has 0 spiro atoms. The van der Waals surface area contributed by atoms with Crippen molar-refractivity contribution in [3.05, 3.63) is 34.9 Å². The average molecular weight is 307 g/mol. The Hall–Kier alpha value is -1.62. The number of benzene rings is 1. The summed E-state index contributed by atoms with van der Waals surface area (Å²) in [5, 5.41) is 9.39. The molecular weight excluding hydrogens is 282 g/mol. The van der Waals surface area contributed by atoms with Gasteiger partial charge in [-0.25, -0.2) is 0 Å². The molecule has 23 heavy (non-hydrogen) atoms. The highest BCUT2D eigenvalue weighted by Gasteiger charge is 2.57. The van der Waals surface area contributed by atoms with Crippen molar-refractivity contribution in [1.82, 2.24) is 0 Å². The smallest absolute Gasteiger partial charge is 0.142 e. The molecule has 2 saturated carbocycles. The third-order valence-corrected chi connectivity index (χ3v) is 7.25. The van der Waals surface area contributed by atoms with Gasteiger partial charge in [-0.1, -0.05) is 26.0 Å². The molecule has 0 heterocycles. The molecule has 0 aliphatic heterocycles. The molecular formula is C21H25NO. The van der Waals surface area contributed by atoms with Gasteiger partial charge < -0.3 is 0 Å². The van der Waals surface area contributed by atoms with Crippen LogP contribution in [-0.4, -0.2) is 5.78 Å². The Kier molecular flexibility index (Phi) is 3.38. The minimum absolute atomic E-state index is 0.0772. The summed E-state index contributed by atoms with van der Waals surface area (Å²) in [6, 6.07) is 8.61. The lowest BCUT2D eigenvalue weighted by Crippen LogP contribution is -2.42. The van der Waals surface area contributed by atoms with Crippen molar-refractivity contribution < 1.29 is 4.79 Å². The number of carbonyl (C=O) groups excluding carboxylic acids is 1. The van der Waals surface area contributed by atoms with Crippen molar-refractivity contribution in [2.24, 2.45) is 23.2 Å². The van der Waals surface area contributed by atoms with Crippen LogP contribution in [0.1, 0.15) is 68.6 Å². The van der Waals surface area contributed by atoms with Gasteiger partial charge in [0.1, 0.15) is 5.78 Å². The van der Waals surface area contributed by atoms with Crippen molar-refractivity contribution in [2.45, 2.75) is 58.3 Å². The molecule has 0 bridgehead atoms. The first-order valence-corrected chi connectivity index (χ1v) is 9.16. The molecule has 120 valence electrons. The maximum atomic E-state index is 12.9. The van der Waals surface area contributed by atoms with E-state index in [4.69, 9.17) is 0 Å². The number of rotatable bonds is 1. The van der Waals surface area contributed by atoms with E-state index in [1.807, 2.05) is 12.1 Å². The molecule has 3 aliphatic carbocycles. The van der Waals surface area contributed by atoms with Crippen molar-refractivity contribution >= 4 is 5.78 Å². The zero-order valence-electron chi connectivity index (χ0n) is 14.1. The van der Waals surface area contributed by atoms with Crippen LogP contribution in [0.5, 0.6) is 0 Å². The lowest BCUT2D eigenvalue weighted by atomic mass is 9.55. The summed E-state index contributed by atoms with van der Waals surface area (Å²) < 4.78 is 0. The zero-order valence-corrected chi connectivity index (χ0v) is 14.1. The number of hydrogen-bond acceptors (Lipinski definition) is 2. The van der Waals surface area contributed by atoms with E-state index in [1.54, 1.807) is 0 Å². The van der Waals surface area contributed by atoms with Gasteiger partial charge in [0, 0.05) is 11.3 Å². The van der Waals surface area contributed by atoms with Gasteiger partial charge in [-0.2, -0.15) is 5.26 Å². The maximum absolute atomic E-state index is 12.9. The fraction of sp³-hybridized carbons (Fsp3) is 0.619. The summed E-state index contributed by atoms with van der Waals surface area (Å²) >= 11 is 0. The summed E-state index contributed by atoms with van der Waals surface area (Å²) in [7, 11) is 0. The lowest BCUT2D eigenvalue weighted by molar-refractivity contribution is -0.132. The predicted molar refractivity (Wildman–Crippen MR) is 89.9 cm³/mol.